The van der Waals surface area contributed by atoms with Gasteiger partial charge in [-0.05, 0) is 148 Å². The molecule has 7 aromatic rings. The Kier molecular flexibility index (Phi) is 38.1. The first-order chi connectivity index (χ1) is 67.4. The number of aromatic nitrogens is 9. The minimum atomic E-state index is -2.47. The number of fused-ring (bicyclic) bond motifs is 6. The van der Waals surface area contributed by atoms with Crippen molar-refractivity contribution < 1.29 is 100 Å². The summed E-state index contributed by atoms with van der Waals surface area (Å²) in [5, 5.41) is 32.5. The monoisotopic (exact) mass is 1940 g/mol. The molecular weight excluding hydrogens is 1800 g/mol. The van der Waals surface area contributed by atoms with Gasteiger partial charge in [0, 0.05) is 155 Å². The van der Waals surface area contributed by atoms with E-state index in [9.17, 15) is 39.0 Å². The van der Waals surface area contributed by atoms with Crippen LogP contribution in [-0.2, 0) is 102 Å². The lowest BCUT2D eigenvalue weighted by Crippen LogP contribution is -2.61. The summed E-state index contributed by atoms with van der Waals surface area (Å²) in [6.07, 6.45) is 17.3. The number of nitrogen functional groups attached to an aromatic ring is 3. The minimum absolute atomic E-state index is 0.00109. The molecule has 39 heteroatoms. The number of likely N-dealkylation sites (N-methyl/N-ethyl adjacent to an activating group) is 1. The number of benzene rings is 2. The topological polar surface area (TPSA) is 489 Å². The number of rotatable bonds is 31. The van der Waals surface area contributed by atoms with E-state index in [4.69, 9.17) is 78.8 Å². The number of piperazine rings is 1. The summed E-state index contributed by atoms with van der Waals surface area (Å²) < 4.78 is 73.0. The molecule has 0 radical (unpaired) electrons. The van der Waals surface area contributed by atoms with Crippen molar-refractivity contribution >= 4 is 93.0 Å². The van der Waals surface area contributed by atoms with E-state index in [1.807, 2.05) is 103 Å². The largest absolute Gasteiger partial charge is 0.460 e. The molecule has 9 N–H and O–H groups in total. The molecule has 1 saturated carbocycles. The summed E-state index contributed by atoms with van der Waals surface area (Å²) >= 11 is 0. The van der Waals surface area contributed by atoms with Crippen molar-refractivity contribution in [3.8, 4) is 11.3 Å². The van der Waals surface area contributed by atoms with E-state index in [2.05, 4.69) is 58.4 Å². The Labute approximate surface area is 817 Å². The highest BCUT2D eigenvalue weighted by Crippen LogP contribution is 2.41. The van der Waals surface area contributed by atoms with Gasteiger partial charge in [-0.15, -0.1) is 0 Å². The van der Waals surface area contributed by atoms with Gasteiger partial charge in [-0.2, -0.15) is 15.1 Å². The summed E-state index contributed by atoms with van der Waals surface area (Å²) in [7, 11) is 7.79. The number of ether oxygens (including phenoxy) is 11. The summed E-state index contributed by atoms with van der Waals surface area (Å²) in [6.45, 7) is 19.8. The Balaban J connectivity index is 0.505. The molecule has 10 heterocycles. The van der Waals surface area contributed by atoms with Crippen molar-refractivity contribution in [3.63, 3.8) is 0 Å². The average molecular weight is 1940 g/mol. The molecule has 16 atom stereocenters. The number of Topliss-reactive ketones (excluding diaryl/α,β-unsaturated/α-hetero) is 2. The number of nitrogens with zero attached hydrogens (tertiary/aromatic N) is 14. The lowest BCUT2D eigenvalue weighted by molar-refractivity contribution is -0.265. The summed E-state index contributed by atoms with van der Waals surface area (Å²) in [6, 6.07) is 10.7. The van der Waals surface area contributed by atoms with E-state index < -0.39 is 102 Å². The van der Waals surface area contributed by atoms with Gasteiger partial charge >= 0.3 is 12.1 Å². The first-order valence-electron chi connectivity index (χ1n) is 48.9. The highest BCUT2D eigenvalue weighted by Gasteiger charge is 2.54. The number of cyclic esters (lactones) is 1. The third-order valence-electron chi connectivity index (χ3n) is 27.9. The maximum atomic E-state index is 15.0. The lowest BCUT2D eigenvalue weighted by Gasteiger charge is -2.43. The Morgan fingerprint density at radius 2 is 1.41 bits per heavy atom. The number of oxazole rings is 1. The van der Waals surface area contributed by atoms with Gasteiger partial charge in [0.1, 0.15) is 65.2 Å². The second kappa shape index (κ2) is 50.3. The van der Waals surface area contributed by atoms with Crippen molar-refractivity contribution in [2.75, 3.05) is 161 Å². The SMILES string of the molecule is CO[C@H]1C[C@@H]2CC[C@@H](C)[C@@](O)(O2)C(=O)C(=O)N2CCCC[C@H]2C(=O)O[C@H]([C@H](C)C[C@@H]2CC[C@@H](OC(=O)NCc3cnc(N4CCN(c5ncc(C(=O)N(C)CCOCCOCCOCCOCCC(=O)N6CCc7cc(Cn8nc(-c9ccc%10oc(N)nc%10c9)c9c(N)ncnc98)ccc7C6)c(N)n5)CC4)nc3)[C@H](OC)C2)C[C@@H](OC)[C@H](C)/C=C(\C)[C@@H](O)[C@@H](OC)C(=O)[C@H](C)C[C@H](C)/C=C/C=C/C=C/1C. The van der Waals surface area contributed by atoms with Crippen molar-refractivity contribution in [3.05, 3.63) is 137 Å². The predicted molar refractivity (Wildman–Crippen MR) is 522 cm³/mol. The number of piperidine rings is 1. The maximum absolute atomic E-state index is 15.0. The fraction of sp³-hybridized carbons (Fsp3) is 0.594. The Morgan fingerprint density at radius 3 is 2.12 bits per heavy atom. The molecule has 2 aromatic carbocycles. The minimum Gasteiger partial charge on any atom is -0.460 e. The zero-order valence-corrected chi connectivity index (χ0v) is 82.7. The number of aliphatic hydroxyl groups is 2. The van der Waals surface area contributed by atoms with Gasteiger partial charge in [-0.25, -0.2) is 39.2 Å². The number of alkyl carbamates (subject to hydrolysis) is 1. The molecule has 6 aliphatic rings. The number of aliphatic hydroxyl groups excluding tert-OH is 1. The fourth-order valence-electron chi connectivity index (χ4n) is 19.6. The van der Waals surface area contributed by atoms with Gasteiger partial charge in [0.15, 0.2) is 17.0 Å². The van der Waals surface area contributed by atoms with E-state index in [1.54, 1.807) is 60.7 Å². The number of allylic oxidation sites excluding steroid dienone is 5. The van der Waals surface area contributed by atoms with Gasteiger partial charge in [0.25, 0.3) is 23.6 Å². The van der Waals surface area contributed by atoms with E-state index >= 15 is 4.79 Å². The number of amides is 4. The number of carbonyl (C=O) groups is 7. The molecule has 5 aromatic heterocycles. The first-order valence-corrected chi connectivity index (χ1v) is 48.9. The molecule has 13 rings (SSSR count). The van der Waals surface area contributed by atoms with Crippen LogP contribution in [0.4, 0.5) is 34.3 Å². The number of nitrogens with one attached hydrogen (secondary N) is 1. The zero-order valence-electron chi connectivity index (χ0n) is 82.7. The Morgan fingerprint density at radius 1 is 0.693 bits per heavy atom. The molecule has 760 valence electrons. The molecular formula is C101H140N18O21. The smallest absolute Gasteiger partial charge is 0.407 e. The van der Waals surface area contributed by atoms with E-state index in [1.165, 1.54) is 35.0 Å². The van der Waals surface area contributed by atoms with Gasteiger partial charge < -0.3 is 114 Å². The molecule has 0 unspecified atom stereocenters. The standard InChI is InChI=1S/C101H140N18O21/c1-61-18-14-13-15-19-62(2)80(129-9)52-74-26-21-67(7)101(128,140-74)90(123)95(125)118-31-17-16-20-77(118)96(126)137-82(53-81(130-10)63(3)47-66(6)88(122)89(132-12)87(121)65(5)46-61)64(4)48-68-23-27-79(83(50-68)131-11)139-100(127)108-56-70-54-105-98(106-55-70)115-33-35-116(36-34-115)99-107-57-75(91(102)112-99)94(124)114(8)37-39-134-41-43-136-45-44-135-42-40-133-38-30-84(120)117-32-29-71-49-69(22-24-73(71)59-117)58-119-93-85(92(103)109-60-110-93)86(113-119)72-25-28-78-76(51-72)111-97(104)138-78/h13-15,18-19,22,24-25,28,47,49,51,54-55,57,60-61,63-65,67-68,74,77,79-83,88-89,122,128H,16-17,20-21,23,26-27,29-46,48,50,52-53,56,58-59H2,1-12H3,(H2,104,111)(H,108,127)(H2,102,107,112)(H2,103,109,110)/b15-13+,18-14+,62-19+,66-47+/t61-,63-,64-,65-,67-,68+,74+,77+,79-,80+,81-,82+,83-,88-,89+,101-/m1/s1. The number of carbonyl (C=O) groups excluding carboxylic acids is 7. The molecule has 1 aliphatic carbocycles. The second-order valence-electron chi connectivity index (χ2n) is 37.9. The fourth-order valence-corrected chi connectivity index (χ4v) is 19.6. The van der Waals surface area contributed by atoms with Crippen LogP contribution in [-0.4, -0.2) is 306 Å². The van der Waals surface area contributed by atoms with Gasteiger partial charge in [0.05, 0.1) is 95.6 Å². The number of hydrogen-bond donors (Lipinski definition) is 6. The molecule has 5 aliphatic heterocycles. The second-order valence-corrected chi connectivity index (χ2v) is 37.9. The van der Waals surface area contributed by atoms with E-state index in [0.717, 1.165) is 22.3 Å². The van der Waals surface area contributed by atoms with Crippen molar-refractivity contribution in [2.45, 2.75) is 219 Å². The molecule has 2 bridgehead atoms. The molecule has 140 heavy (non-hydrogen) atoms. The van der Waals surface area contributed by atoms with Crippen LogP contribution in [0, 0.1) is 35.5 Å². The third-order valence-corrected chi connectivity index (χ3v) is 27.9. The lowest BCUT2D eigenvalue weighted by atomic mass is 9.78. The average Bonchev–Trinajstić information content (AvgIpc) is 1.54. The summed E-state index contributed by atoms with van der Waals surface area (Å²) in [4.78, 5) is 139. The van der Waals surface area contributed by atoms with Crippen molar-refractivity contribution in [1.82, 2.24) is 64.7 Å². The maximum Gasteiger partial charge on any atom is 0.407 e. The number of methoxy groups -OCH3 is 4. The molecule has 4 fully saturated rings. The number of ketones is 2. The predicted octanol–water partition coefficient (Wildman–Crippen LogP) is 9.32. The van der Waals surface area contributed by atoms with Crippen LogP contribution in [0.25, 0.3) is 33.4 Å². The summed E-state index contributed by atoms with van der Waals surface area (Å²) in [5.41, 5.74) is 27.2. The molecule has 39 nitrogen and oxygen atoms in total. The van der Waals surface area contributed by atoms with Crippen LogP contribution in [0.3, 0.4) is 0 Å². The number of nitrogens with two attached hydrogens (primary N) is 3. The van der Waals surface area contributed by atoms with E-state index in [-0.39, 0.29) is 105 Å². The number of esters is 1. The highest BCUT2D eigenvalue weighted by molar-refractivity contribution is 6.39. The number of hydrogen-bond acceptors (Lipinski definition) is 34. The number of anilines is 5. The van der Waals surface area contributed by atoms with Gasteiger partial charge in [-0.1, -0.05) is 89.3 Å². The molecule has 3 saturated heterocycles. The van der Waals surface area contributed by atoms with Crippen LogP contribution in [0.15, 0.2) is 113 Å². The first kappa shape index (κ1) is 106. The van der Waals surface area contributed by atoms with E-state index in [0.29, 0.717) is 213 Å². The third kappa shape index (κ3) is 27.3. The van der Waals surface area contributed by atoms with Crippen molar-refractivity contribution in [2.24, 2.45) is 35.5 Å². The van der Waals surface area contributed by atoms with Crippen molar-refractivity contribution in [1.29, 1.82) is 0 Å². The van der Waals surface area contributed by atoms with Crippen LogP contribution in [0.2, 0.25) is 0 Å². The van der Waals surface area contributed by atoms with Crippen LogP contribution in [0.5, 0.6) is 0 Å². The quantitative estimate of drug-likeness (QED) is 0.0102. The van der Waals surface area contributed by atoms with Crippen LogP contribution < -0.4 is 32.3 Å². The normalized spacial score (nSPS) is 26.7. The highest BCUT2D eigenvalue weighted by atomic mass is 16.6. The van der Waals surface area contributed by atoms with Crippen LogP contribution >= 0.6 is 0 Å². The Bertz CT molecular complexity index is 5490. The van der Waals surface area contributed by atoms with Gasteiger partial charge in [0.2, 0.25) is 23.6 Å². The molecule has 4 amide bonds. The molecule has 0 spiro atoms. The zero-order chi connectivity index (χ0) is 99.8. The van der Waals surface area contributed by atoms with Crippen LogP contribution in [0.1, 0.15) is 165 Å². The van der Waals surface area contributed by atoms with Gasteiger partial charge in [-0.3, -0.25) is 24.0 Å². The Hall–Kier alpha value is -11.4. The summed E-state index contributed by atoms with van der Waals surface area (Å²) in [5.74, 6) is -6.57.